The van der Waals surface area contributed by atoms with Crippen LogP contribution in [0.5, 0.6) is 0 Å². The van der Waals surface area contributed by atoms with Crippen molar-refractivity contribution in [2.75, 3.05) is 0 Å². The second-order valence-electron chi connectivity index (χ2n) is 9.60. The highest BCUT2D eigenvalue weighted by atomic mass is 16.3. The van der Waals surface area contributed by atoms with Crippen molar-refractivity contribution in [2.24, 2.45) is 34.5 Å². The molecule has 3 nitrogen and oxygen atoms in total. The van der Waals surface area contributed by atoms with Gasteiger partial charge in [0.1, 0.15) is 0 Å². The standard InChI is InChI=1S/C21H32O3/c1-12(22)16-6-7-17-15-5-4-13-10-14(23)8-9-20(13,2)19(15)18(24)11-21(16,17)3/h6,13-15,17-19,23-24H,4-5,7-11H2,1-3H3/t13-,14-,15-,17-,18-,19+,20-,21+/m0/s1. The van der Waals surface area contributed by atoms with E-state index < -0.39 is 0 Å². The average Bonchev–Trinajstić information content (AvgIpc) is 2.84. The van der Waals surface area contributed by atoms with Gasteiger partial charge in [-0.25, -0.2) is 0 Å². The Labute approximate surface area is 145 Å². The Morgan fingerprint density at radius 2 is 1.96 bits per heavy atom. The molecule has 0 aromatic rings. The quantitative estimate of drug-likeness (QED) is 0.773. The fourth-order valence-corrected chi connectivity index (χ4v) is 7.48. The second-order valence-corrected chi connectivity index (χ2v) is 9.60. The van der Waals surface area contributed by atoms with E-state index in [1.54, 1.807) is 6.92 Å². The Morgan fingerprint density at radius 1 is 1.21 bits per heavy atom. The SMILES string of the molecule is CC(=O)C1=CC[C@H]2[C@@H]3CC[C@H]4C[C@@H](O)CC[C@]4(C)[C@H]3[C@@H](O)C[C@]12C. The largest absolute Gasteiger partial charge is 0.393 e. The van der Waals surface area contributed by atoms with Crippen LogP contribution in [-0.2, 0) is 4.79 Å². The highest BCUT2D eigenvalue weighted by Crippen LogP contribution is 2.66. The zero-order valence-corrected chi connectivity index (χ0v) is 15.3. The molecule has 0 bridgehead atoms. The Bertz CT molecular complexity index is 582. The van der Waals surface area contributed by atoms with Crippen LogP contribution in [-0.4, -0.2) is 28.2 Å². The number of allylic oxidation sites excluding steroid dienone is 2. The maximum Gasteiger partial charge on any atom is 0.156 e. The molecule has 0 unspecified atom stereocenters. The van der Waals surface area contributed by atoms with Crippen LogP contribution in [0.25, 0.3) is 0 Å². The predicted octanol–water partition coefficient (Wildman–Crippen LogP) is 3.49. The molecule has 8 atom stereocenters. The number of carbonyl (C=O) groups is 1. The molecule has 0 aliphatic heterocycles. The Balaban J connectivity index is 1.68. The molecule has 24 heavy (non-hydrogen) atoms. The minimum Gasteiger partial charge on any atom is -0.393 e. The molecule has 0 spiro atoms. The molecule has 3 heteroatoms. The summed E-state index contributed by atoms with van der Waals surface area (Å²) in [7, 11) is 0. The molecule has 3 fully saturated rings. The van der Waals surface area contributed by atoms with Gasteiger partial charge in [0.25, 0.3) is 0 Å². The van der Waals surface area contributed by atoms with Crippen molar-refractivity contribution < 1.29 is 15.0 Å². The molecule has 4 aliphatic rings. The molecule has 0 radical (unpaired) electrons. The van der Waals surface area contributed by atoms with Gasteiger partial charge in [0, 0.05) is 5.41 Å². The van der Waals surface area contributed by atoms with Gasteiger partial charge in [0.15, 0.2) is 5.78 Å². The first-order valence-electron chi connectivity index (χ1n) is 9.85. The average molecular weight is 332 g/mol. The van der Waals surface area contributed by atoms with Gasteiger partial charge >= 0.3 is 0 Å². The highest BCUT2D eigenvalue weighted by molar-refractivity contribution is 5.95. The van der Waals surface area contributed by atoms with Crippen LogP contribution in [0.15, 0.2) is 11.6 Å². The van der Waals surface area contributed by atoms with Gasteiger partial charge in [0.05, 0.1) is 12.2 Å². The fraction of sp³-hybridized carbons (Fsp3) is 0.857. The number of hydrogen-bond acceptors (Lipinski definition) is 3. The smallest absolute Gasteiger partial charge is 0.156 e. The molecular formula is C21H32O3. The molecule has 0 aromatic carbocycles. The zero-order valence-electron chi connectivity index (χ0n) is 15.3. The molecule has 4 aliphatic carbocycles. The van der Waals surface area contributed by atoms with Crippen LogP contribution in [0.1, 0.15) is 65.7 Å². The highest BCUT2D eigenvalue weighted by Gasteiger charge is 2.61. The number of carbonyl (C=O) groups excluding carboxylic acids is 1. The van der Waals surface area contributed by atoms with E-state index in [0.29, 0.717) is 23.7 Å². The Hall–Kier alpha value is -0.670. The summed E-state index contributed by atoms with van der Waals surface area (Å²) in [5, 5.41) is 21.3. The molecule has 134 valence electrons. The number of aliphatic hydroxyl groups is 2. The van der Waals surface area contributed by atoms with Gasteiger partial charge in [-0.3, -0.25) is 4.79 Å². The third kappa shape index (κ3) is 2.13. The van der Waals surface area contributed by atoms with E-state index in [4.69, 9.17) is 0 Å². The minimum atomic E-state index is -0.319. The van der Waals surface area contributed by atoms with Crippen molar-refractivity contribution in [2.45, 2.75) is 77.9 Å². The van der Waals surface area contributed by atoms with Crippen LogP contribution in [0, 0.1) is 34.5 Å². The molecule has 3 saturated carbocycles. The normalized spacial score (nSPS) is 53.6. The Morgan fingerprint density at radius 3 is 2.67 bits per heavy atom. The maximum absolute atomic E-state index is 12.1. The topological polar surface area (TPSA) is 57.5 Å². The van der Waals surface area contributed by atoms with Gasteiger partial charge in [-0.15, -0.1) is 0 Å². The summed E-state index contributed by atoms with van der Waals surface area (Å²) in [6.45, 7) is 6.27. The minimum absolute atomic E-state index is 0.135. The van der Waals surface area contributed by atoms with Crippen LogP contribution in [0.3, 0.4) is 0 Å². The Kier molecular flexibility index (Phi) is 3.78. The lowest BCUT2D eigenvalue weighted by Gasteiger charge is -2.62. The lowest BCUT2D eigenvalue weighted by atomic mass is 9.44. The first-order chi connectivity index (χ1) is 11.3. The molecule has 4 rings (SSSR count). The van der Waals surface area contributed by atoms with Crippen molar-refractivity contribution in [1.29, 1.82) is 0 Å². The first-order valence-corrected chi connectivity index (χ1v) is 9.85. The summed E-state index contributed by atoms with van der Waals surface area (Å²) in [6.07, 6.45) is 8.57. The summed E-state index contributed by atoms with van der Waals surface area (Å²) in [4.78, 5) is 12.1. The number of hydrogen-bond donors (Lipinski definition) is 2. The van der Waals surface area contributed by atoms with Crippen LogP contribution < -0.4 is 0 Å². The van der Waals surface area contributed by atoms with Gasteiger partial charge in [0.2, 0.25) is 0 Å². The zero-order chi connectivity index (χ0) is 17.3. The van der Waals surface area contributed by atoms with Gasteiger partial charge in [-0.1, -0.05) is 19.9 Å². The maximum atomic E-state index is 12.1. The fourth-order valence-electron chi connectivity index (χ4n) is 7.48. The van der Waals surface area contributed by atoms with E-state index in [9.17, 15) is 15.0 Å². The molecule has 0 aromatic heterocycles. The molecule has 0 heterocycles. The van der Waals surface area contributed by atoms with E-state index in [1.807, 2.05) is 0 Å². The summed E-state index contributed by atoms with van der Waals surface area (Å²) < 4.78 is 0. The second kappa shape index (κ2) is 5.41. The molecule has 2 N–H and O–H groups in total. The van der Waals surface area contributed by atoms with Crippen molar-refractivity contribution in [3.63, 3.8) is 0 Å². The summed E-state index contributed by atoms with van der Waals surface area (Å²) in [6, 6.07) is 0. The predicted molar refractivity (Wildman–Crippen MR) is 93.3 cm³/mol. The number of ketones is 1. The third-order valence-electron chi connectivity index (χ3n) is 8.53. The number of rotatable bonds is 1. The van der Waals surface area contributed by atoms with Crippen molar-refractivity contribution in [1.82, 2.24) is 0 Å². The molecular weight excluding hydrogens is 300 g/mol. The molecule has 0 saturated heterocycles. The summed E-state index contributed by atoms with van der Waals surface area (Å²) in [5.74, 6) is 2.09. The van der Waals surface area contributed by atoms with Crippen LogP contribution in [0.2, 0.25) is 0 Å². The van der Waals surface area contributed by atoms with E-state index in [-0.39, 0.29) is 28.8 Å². The number of fused-ring (bicyclic) bond motifs is 5. The van der Waals surface area contributed by atoms with Crippen LogP contribution in [0.4, 0.5) is 0 Å². The van der Waals surface area contributed by atoms with E-state index >= 15 is 0 Å². The van der Waals surface area contributed by atoms with E-state index in [2.05, 4.69) is 19.9 Å². The van der Waals surface area contributed by atoms with E-state index in [1.165, 1.54) is 6.42 Å². The van der Waals surface area contributed by atoms with Crippen LogP contribution >= 0.6 is 0 Å². The monoisotopic (exact) mass is 332 g/mol. The first kappa shape index (κ1) is 16.8. The van der Waals surface area contributed by atoms with Crippen molar-refractivity contribution in [3.05, 3.63) is 11.6 Å². The lowest BCUT2D eigenvalue weighted by molar-refractivity contribution is -0.169. The van der Waals surface area contributed by atoms with Crippen molar-refractivity contribution >= 4 is 5.78 Å². The van der Waals surface area contributed by atoms with E-state index in [0.717, 1.165) is 44.1 Å². The third-order valence-corrected chi connectivity index (χ3v) is 8.53. The van der Waals surface area contributed by atoms with Gasteiger partial charge in [-0.2, -0.15) is 0 Å². The summed E-state index contributed by atoms with van der Waals surface area (Å²) in [5.41, 5.74) is 0.988. The number of Topliss-reactive ketones (excluding diaryl/α,β-unsaturated/α-hetero) is 1. The lowest BCUT2D eigenvalue weighted by Crippen LogP contribution is -2.59. The number of aliphatic hydroxyl groups excluding tert-OH is 2. The molecule has 0 amide bonds. The van der Waals surface area contributed by atoms with Gasteiger partial charge < -0.3 is 10.2 Å². The summed E-state index contributed by atoms with van der Waals surface area (Å²) >= 11 is 0. The van der Waals surface area contributed by atoms with Gasteiger partial charge in [-0.05, 0) is 86.5 Å². The van der Waals surface area contributed by atoms with Crippen molar-refractivity contribution in [3.8, 4) is 0 Å².